The van der Waals surface area contributed by atoms with Gasteiger partial charge in [0.1, 0.15) is 18.0 Å². The minimum atomic E-state index is 0.496. The van der Waals surface area contributed by atoms with Crippen molar-refractivity contribution < 1.29 is 4.74 Å². The lowest BCUT2D eigenvalue weighted by atomic mass is 9.86. The summed E-state index contributed by atoms with van der Waals surface area (Å²) in [5.41, 5.74) is 8.66. The fourth-order valence-electron chi connectivity index (χ4n) is 3.78. The highest BCUT2D eigenvalue weighted by Crippen LogP contribution is 2.29. The van der Waals surface area contributed by atoms with Crippen LogP contribution in [0.5, 0.6) is 0 Å². The molecule has 2 heterocycles. The molecule has 3 N–H and O–H groups in total. The van der Waals surface area contributed by atoms with Crippen LogP contribution in [-0.4, -0.2) is 29.2 Å². The summed E-state index contributed by atoms with van der Waals surface area (Å²) in [6.07, 6.45) is 7.39. The van der Waals surface area contributed by atoms with Gasteiger partial charge in [0.2, 0.25) is 0 Å². The van der Waals surface area contributed by atoms with Crippen LogP contribution in [0.2, 0.25) is 0 Å². The standard InChI is InChI=1S/C20H27N5O/c1-2-4-15(5-3-1)10-11-26-13-16-6-8-17(9-7-16)24-19-18-12-23-25-20(18)22-14-21-19/h1-5,14,16-17,23H,6-13H2,(H2,21,22,24,25)/t16-,17-. The molecule has 0 atom stereocenters. The number of aromatic nitrogens is 2. The van der Waals surface area contributed by atoms with Gasteiger partial charge >= 0.3 is 0 Å². The number of rotatable bonds is 7. The van der Waals surface area contributed by atoms with E-state index in [1.165, 1.54) is 31.2 Å². The zero-order chi connectivity index (χ0) is 17.6. The first-order valence-electron chi connectivity index (χ1n) is 9.59. The smallest absolute Gasteiger partial charge is 0.150 e. The number of hydrogen-bond acceptors (Lipinski definition) is 6. The van der Waals surface area contributed by atoms with Gasteiger partial charge in [-0.1, -0.05) is 30.3 Å². The molecular weight excluding hydrogens is 326 g/mol. The molecule has 0 saturated heterocycles. The van der Waals surface area contributed by atoms with Gasteiger partial charge in [0, 0.05) is 19.2 Å². The van der Waals surface area contributed by atoms with Gasteiger partial charge in [0.25, 0.3) is 0 Å². The van der Waals surface area contributed by atoms with Crippen LogP contribution in [0.15, 0.2) is 36.7 Å². The number of hydrogen-bond donors (Lipinski definition) is 3. The van der Waals surface area contributed by atoms with Crippen LogP contribution in [0.4, 0.5) is 11.6 Å². The highest BCUT2D eigenvalue weighted by molar-refractivity contribution is 5.59. The third-order valence-electron chi connectivity index (χ3n) is 5.34. The van der Waals surface area contributed by atoms with Crippen molar-refractivity contribution in [3.05, 3.63) is 47.8 Å². The predicted octanol–water partition coefficient (Wildman–Crippen LogP) is 3.14. The van der Waals surface area contributed by atoms with E-state index in [-0.39, 0.29) is 0 Å². The zero-order valence-electron chi connectivity index (χ0n) is 15.1. The third kappa shape index (κ3) is 4.31. The SMILES string of the molecule is c1ccc(CCOC[C@H]2CC[C@H](Nc3ncnc4c3CNN4)CC2)cc1. The Morgan fingerprint density at radius 3 is 2.77 bits per heavy atom. The molecule has 2 aliphatic rings. The van der Waals surface area contributed by atoms with E-state index in [1.54, 1.807) is 6.33 Å². The number of nitrogens with one attached hydrogen (secondary N) is 3. The maximum atomic E-state index is 5.93. The lowest BCUT2D eigenvalue weighted by molar-refractivity contribution is 0.0860. The van der Waals surface area contributed by atoms with Crippen molar-refractivity contribution in [3.8, 4) is 0 Å². The topological polar surface area (TPSA) is 71.1 Å². The molecule has 1 aromatic heterocycles. The van der Waals surface area contributed by atoms with Crippen molar-refractivity contribution in [3.63, 3.8) is 0 Å². The Labute approximate surface area is 154 Å². The van der Waals surface area contributed by atoms with Crippen molar-refractivity contribution in [1.29, 1.82) is 0 Å². The van der Waals surface area contributed by atoms with E-state index in [9.17, 15) is 0 Å². The van der Waals surface area contributed by atoms with Gasteiger partial charge in [-0.15, -0.1) is 0 Å². The maximum Gasteiger partial charge on any atom is 0.150 e. The Bertz CT molecular complexity index is 701. The van der Waals surface area contributed by atoms with Crippen LogP contribution in [0.3, 0.4) is 0 Å². The summed E-state index contributed by atoms with van der Waals surface area (Å²) < 4.78 is 5.93. The molecule has 1 saturated carbocycles. The third-order valence-corrected chi connectivity index (χ3v) is 5.34. The van der Waals surface area contributed by atoms with E-state index < -0.39 is 0 Å². The van der Waals surface area contributed by atoms with Crippen LogP contribution in [-0.2, 0) is 17.7 Å². The van der Waals surface area contributed by atoms with Crippen molar-refractivity contribution in [2.45, 2.75) is 44.7 Å². The highest BCUT2D eigenvalue weighted by atomic mass is 16.5. The number of hydrazine groups is 1. The second-order valence-electron chi connectivity index (χ2n) is 7.20. The molecule has 6 heteroatoms. The van der Waals surface area contributed by atoms with Crippen molar-refractivity contribution in [1.82, 2.24) is 15.4 Å². The summed E-state index contributed by atoms with van der Waals surface area (Å²) in [6.45, 7) is 2.47. The van der Waals surface area contributed by atoms with Gasteiger partial charge in [-0.2, -0.15) is 0 Å². The molecule has 26 heavy (non-hydrogen) atoms. The second kappa shape index (κ2) is 8.47. The number of nitrogens with zero attached hydrogens (tertiary/aromatic N) is 2. The summed E-state index contributed by atoms with van der Waals surface area (Å²) in [5.74, 6) is 2.54. The van der Waals surface area contributed by atoms with Gasteiger partial charge in [-0.25, -0.2) is 15.4 Å². The Kier molecular flexibility index (Phi) is 5.62. The van der Waals surface area contributed by atoms with E-state index in [0.717, 1.165) is 43.4 Å². The Morgan fingerprint density at radius 1 is 1.08 bits per heavy atom. The molecule has 6 nitrogen and oxygen atoms in total. The maximum absolute atomic E-state index is 5.93. The van der Waals surface area contributed by atoms with Gasteiger partial charge in [0.15, 0.2) is 0 Å². The van der Waals surface area contributed by atoms with Crippen LogP contribution in [0.1, 0.15) is 36.8 Å². The molecule has 0 amide bonds. The van der Waals surface area contributed by atoms with Crippen molar-refractivity contribution >= 4 is 11.6 Å². The van der Waals surface area contributed by atoms with Gasteiger partial charge in [0.05, 0.1) is 12.2 Å². The van der Waals surface area contributed by atoms with Gasteiger partial charge < -0.3 is 15.5 Å². The summed E-state index contributed by atoms with van der Waals surface area (Å²) in [6, 6.07) is 11.0. The fraction of sp³-hybridized carbons (Fsp3) is 0.500. The number of fused-ring (bicyclic) bond motifs is 1. The molecule has 4 rings (SSSR count). The molecule has 1 aromatic carbocycles. The average molecular weight is 353 g/mol. The van der Waals surface area contributed by atoms with Crippen LogP contribution >= 0.6 is 0 Å². The normalized spacial score (nSPS) is 21.8. The van der Waals surface area contributed by atoms with Crippen molar-refractivity contribution in [2.75, 3.05) is 24.0 Å². The zero-order valence-corrected chi connectivity index (χ0v) is 15.1. The molecule has 0 bridgehead atoms. The molecule has 1 aliphatic heterocycles. The fourth-order valence-corrected chi connectivity index (χ4v) is 3.78. The van der Waals surface area contributed by atoms with E-state index in [0.29, 0.717) is 12.0 Å². The summed E-state index contributed by atoms with van der Waals surface area (Å²) in [5, 5.41) is 3.62. The molecular formula is C20H27N5O. The summed E-state index contributed by atoms with van der Waals surface area (Å²) in [7, 11) is 0. The first-order valence-corrected chi connectivity index (χ1v) is 9.59. The Hall–Kier alpha value is -2.18. The first kappa shape index (κ1) is 17.2. The number of benzene rings is 1. The molecule has 1 aliphatic carbocycles. The molecule has 138 valence electrons. The van der Waals surface area contributed by atoms with E-state index in [2.05, 4.69) is 56.5 Å². The molecule has 0 unspecified atom stereocenters. The quantitative estimate of drug-likeness (QED) is 0.664. The largest absolute Gasteiger partial charge is 0.381 e. The van der Waals surface area contributed by atoms with Crippen LogP contribution in [0.25, 0.3) is 0 Å². The molecule has 2 aromatic rings. The minimum Gasteiger partial charge on any atom is -0.381 e. The average Bonchev–Trinajstić information content (AvgIpc) is 3.17. The summed E-state index contributed by atoms with van der Waals surface area (Å²) >= 11 is 0. The monoisotopic (exact) mass is 353 g/mol. The second-order valence-corrected chi connectivity index (χ2v) is 7.20. The van der Waals surface area contributed by atoms with Gasteiger partial charge in [-0.3, -0.25) is 0 Å². The lowest BCUT2D eigenvalue weighted by Crippen LogP contribution is -2.28. The number of anilines is 2. The first-order chi connectivity index (χ1) is 12.9. The predicted molar refractivity (Wildman–Crippen MR) is 103 cm³/mol. The van der Waals surface area contributed by atoms with E-state index in [1.807, 2.05) is 0 Å². The summed E-state index contributed by atoms with van der Waals surface area (Å²) in [4.78, 5) is 8.67. The van der Waals surface area contributed by atoms with Crippen LogP contribution < -0.4 is 16.2 Å². The molecule has 1 fully saturated rings. The van der Waals surface area contributed by atoms with E-state index >= 15 is 0 Å². The van der Waals surface area contributed by atoms with Crippen LogP contribution in [0, 0.1) is 5.92 Å². The number of ether oxygens (including phenoxy) is 1. The molecule has 0 spiro atoms. The van der Waals surface area contributed by atoms with E-state index in [4.69, 9.17) is 4.74 Å². The highest BCUT2D eigenvalue weighted by Gasteiger charge is 2.24. The Morgan fingerprint density at radius 2 is 1.92 bits per heavy atom. The Balaban J connectivity index is 1.17. The lowest BCUT2D eigenvalue weighted by Gasteiger charge is -2.29. The van der Waals surface area contributed by atoms with Gasteiger partial charge in [-0.05, 0) is 43.6 Å². The minimum absolute atomic E-state index is 0.496. The van der Waals surface area contributed by atoms with Crippen molar-refractivity contribution in [2.24, 2.45) is 5.92 Å². The molecule has 0 radical (unpaired) electrons.